The largest absolute Gasteiger partial charge is 0.441 e. The first-order chi connectivity index (χ1) is 14.9. The van der Waals surface area contributed by atoms with Gasteiger partial charge in [-0.05, 0) is 43.3 Å². The molecule has 0 fully saturated rings. The van der Waals surface area contributed by atoms with Gasteiger partial charge in [-0.1, -0.05) is 40.9 Å². The minimum absolute atomic E-state index is 0.113. The Hall–Kier alpha value is -2.54. The van der Waals surface area contributed by atoms with Crippen molar-refractivity contribution in [1.29, 1.82) is 0 Å². The van der Waals surface area contributed by atoms with Crippen LogP contribution in [0.15, 0.2) is 53.1 Å². The van der Waals surface area contributed by atoms with Crippen molar-refractivity contribution in [2.45, 2.75) is 19.8 Å². The summed E-state index contributed by atoms with van der Waals surface area (Å²) in [5.74, 6) is 0.476. The van der Waals surface area contributed by atoms with E-state index in [9.17, 15) is 9.59 Å². The van der Waals surface area contributed by atoms with Gasteiger partial charge in [0, 0.05) is 30.0 Å². The first kappa shape index (κ1) is 23.1. The van der Waals surface area contributed by atoms with Gasteiger partial charge in [0.2, 0.25) is 11.8 Å². The van der Waals surface area contributed by atoms with Gasteiger partial charge >= 0.3 is 0 Å². The molecule has 1 aromatic heterocycles. The molecule has 9 heteroatoms. The number of hydrogen-bond donors (Lipinski definition) is 1. The molecule has 0 unspecified atom stereocenters. The van der Waals surface area contributed by atoms with E-state index in [1.54, 1.807) is 43.5 Å². The van der Waals surface area contributed by atoms with Crippen molar-refractivity contribution in [3.8, 4) is 11.3 Å². The van der Waals surface area contributed by atoms with Crippen molar-refractivity contribution in [3.05, 3.63) is 69.6 Å². The number of carbonyl (C=O) groups excluding carboxylic acids is 2. The summed E-state index contributed by atoms with van der Waals surface area (Å²) in [6, 6.07) is 12.1. The van der Waals surface area contributed by atoms with Crippen LogP contribution in [0.2, 0.25) is 15.1 Å². The van der Waals surface area contributed by atoms with E-state index in [0.29, 0.717) is 45.4 Å². The second kappa shape index (κ2) is 10.7. The molecule has 0 atom stereocenters. The van der Waals surface area contributed by atoms with E-state index in [-0.39, 0.29) is 24.8 Å². The number of anilines is 1. The van der Waals surface area contributed by atoms with Crippen LogP contribution in [0.5, 0.6) is 0 Å². The van der Waals surface area contributed by atoms with Gasteiger partial charge in [0.15, 0.2) is 11.7 Å². The van der Waals surface area contributed by atoms with E-state index < -0.39 is 0 Å². The van der Waals surface area contributed by atoms with Gasteiger partial charge in [0.05, 0.1) is 28.5 Å². The Morgan fingerprint density at radius 1 is 1.06 bits per heavy atom. The zero-order chi connectivity index (χ0) is 22.4. The Morgan fingerprint density at radius 2 is 1.74 bits per heavy atom. The molecule has 3 rings (SSSR count). The topological polar surface area (TPSA) is 75.4 Å². The average molecular weight is 481 g/mol. The monoisotopic (exact) mass is 479 g/mol. The Balaban J connectivity index is 1.55. The van der Waals surface area contributed by atoms with Crippen LogP contribution in [0.3, 0.4) is 0 Å². The molecule has 0 bridgehead atoms. The summed E-state index contributed by atoms with van der Waals surface area (Å²) in [6.07, 6.45) is 2.09. The quantitative estimate of drug-likeness (QED) is 0.447. The zero-order valence-corrected chi connectivity index (χ0v) is 19.0. The van der Waals surface area contributed by atoms with Crippen LogP contribution in [0.4, 0.5) is 5.69 Å². The fraction of sp³-hybridized carbons (Fsp3) is 0.227. The SMILES string of the molecule is CCN(CC(=O)Nc1c(Cl)cccc1Cl)C(=O)CCc1ncc(-c2ccc(Cl)cc2)o1. The fourth-order valence-electron chi connectivity index (χ4n) is 2.89. The van der Waals surface area contributed by atoms with Crippen LogP contribution >= 0.6 is 34.8 Å². The van der Waals surface area contributed by atoms with Gasteiger partial charge in [-0.3, -0.25) is 9.59 Å². The van der Waals surface area contributed by atoms with Gasteiger partial charge in [-0.2, -0.15) is 0 Å². The lowest BCUT2D eigenvalue weighted by molar-refractivity contribution is -0.134. The molecular formula is C22H20Cl3N3O3. The summed E-state index contributed by atoms with van der Waals surface area (Å²) in [7, 11) is 0. The lowest BCUT2D eigenvalue weighted by atomic mass is 10.2. The van der Waals surface area contributed by atoms with Crippen LogP contribution < -0.4 is 5.32 Å². The number of benzene rings is 2. The molecule has 0 saturated carbocycles. The second-order valence-corrected chi connectivity index (χ2v) is 7.93. The number of aryl methyl sites for hydroxylation is 1. The summed E-state index contributed by atoms with van der Waals surface area (Å²) in [6.45, 7) is 2.07. The Bertz CT molecular complexity index is 1050. The molecule has 2 aromatic carbocycles. The number of aromatic nitrogens is 1. The van der Waals surface area contributed by atoms with Gasteiger partial charge in [-0.15, -0.1) is 0 Å². The van der Waals surface area contributed by atoms with Crippen LogP contribution in [0, 0.1) is 0 Å². The number of amides is 2. The summed E-state index contributed by atoms with van der Waals surface area (Å²) in [5, 5.41) is 3.95. The van der Waals surface area contributed by atoms with E-state index in [4.69, 9.17) is 39.2 Å². The number of hydrogen-bond acceptors (Lipinski definition) is 4. The van der Waals surface area contributed by atoms with E-state index in [1.165, 1.54) is 4.90 Å². The van der Waals surface area contributed by atoms with E-state index >= 15 is 0 Å². The van der Waals surface area contributed by atoms with Crippen molar-refractivity contribution in [2.24, 2.45) is 0 Å². The molecule has 0 spiro atoms. The maximum absolute atomic E-state index is 12.6. The Labute approximate surface area is 195 Å². The van der Waals surface area contributed by atoms with Crippen LogP contribution in [-0.2, 0) is 16.0 Å². The third kappa shape index (κ3) is 6.23. The highest BCUT2D eigenvalue weighted by atomic mass is 35.5. The zero-order valence-electron chi connectivity index (χ0n) is 16.7. The van der Waals surface area contributed by atoms with Gasteiger partial charge < -0.3 is 14.6 Å². The minimum Gasteiger partial charge on any atom is -0.441 e. The molecule has 31 heavy (non-hydrogen) atoms. The second-order valence-electron chi connectivity index (χ2n) is 6.68. The number of nitrogens with zero attached hydrogens (tertiary/aromatic N) is 2. The molecule has 0 saturated heterocycles. The van der Waals surface area contributed by atoms with Crippen molar-refractivity contribution in [3.63, 3.8) is 0 Å². The number of nitrogens with one attached hydrogen (secondary N) is 1. The number of likely N-dealkylation sites (N-methyl/N-ethyl adjacent to an activating group) is 1. The van der Waals surface area contributed by atoms with Crippen LogP contribution in [0.25, 0.3) is 11.3 Å². The molecule has 0 aliphatic carbocycles. The molecule has 1 heterocycles. The lowest BCUT2D eigenvalue weighted by Crippen LogP contribution is -2.38. The van der Waals surface area contributed by atoms with Crippen LogP contribution in [0.1, 0.15) is 19.2 Å². The van der Waals surface area contributed by atoms with Gasteiger partial charge in [-0.25, -0.2) is 4.98 Å². The molecule has 0 aliphatic rings. The molecule has 0 aliphatic heterocycles. The van der Waals surface area contributed by atoms with Gasteiger partial charge in [0.25, 0.3) is 0 Å². The third-order valence-corrected chi connectivity index (χ3v) is 5.41. The van der Waals surface area contributed by atoms with E-state index in [0.717, 1.165) is 5.56 Å². The highest BCUT2D eigenvalue weighted by Gasteiger charge is 2.18. The first-order valence-electron chi connectivity index (χ1n) is 9.59. The highest BCUT2D eigenvalue weighted by molar-refractivity contribution is 6.39. The van der Waals surface area contributed by atoms with Crippen molar-refractivity contribution in [1.82, 2.24) is 9.88 Å². The molecule has 1 N–H and O–H groups in total. The maximum Gasteiger partial charge on any atom is 0.244 e. The Morgan fingerprint density at radius 3 is 2.39 bits per heavy atom. The van der Waals surface area contributed by atoms with Crippen molar-refractivity contribution in [2.75, 3.05) is 18.4 Å². The number of halogens is 3. The predicted molar refractivity (Wildman–Crippen MR) is 123 cm³/mol. The number of oxazole rings is 1. The van der Waals surface area contributed by atoms with Gasteiger partial charge in [0.1, 0.15) is 0 Å². The minimum atomic E-state index is -0.383. The average Bonchev–Trinajstić information content (AvgIpc) is 3.22. The number of carbonyl (C=O) groups is 2. The number of para-hydroxylation sites is 1. The first-order valence-corrected chi connectivity index (χ1v) is 10.7. The summed E-state index contributed by atoms with van der Waals surface area (Å²) in [4.78, 5) is 30.7. The maximum atomic E-state index is 12.6. The molecule has 6 nitrogen and oxygen atoms in total. The fourth-order valence-corrected chi connectivity index (χ4v) is 3.51. The van der Waals surface area contributed by atoms with Crippen molar-refractivity contribution < 1.29 is 14.0 Å². The smallest absolute Gasteiger partial charge is 0.244 e. The summed E-state index contributed by atoms with van der Waals surface area (Å²) in [5.41, 5.74) is 1.17. The predicted octanol–water partition coefficient (Wildman–Crippen LogP) is 5.72. The standard InChI is InChI=1S/C22H20Cl3N3O3/c1-2-28(13-19(29)27-22-16(24)4-3-5-17(22)25)21(30)11-10-20-26-12-18(31-20)14-6-8-15(23)9-7-14/h3-9,12H,2,10-11,13H2,1H3,(H,27,29). The Kier molecular flexibility index (Phi) is 7.96. The van der Waals surface area contributed by atoms with E-state index in [2.05, 4.69) is 10.3 Å². The molecule has 0 radical (unpaired) electrons. The molecule has 2 amide bonds. The lowest BCUT2D eigenvalue weighted by Gasteiger charge is -2.20. The molecular weight excluding hydrogens is 461 g/mol. The molecule has 162 valence electrons. The summed E-state index contributed by atoms with van der Waals surface area (Å²) < 4.78 is 5.73. The third-order valence-electron chi connectivity index (χ3n) is 4.53. The van der Waals surface area contributed by atoms with Crippen LogP contribution in [-0.4, -0.2) is 34.8 Å². The highest BCUT2D eigenvalue weighted by Crippen LogP contribution is 2.29. The summed E-state index contributed by atoms with van der Waals surface area (Å²) >= 11 is 18.0. The van der Waals surface area contributed by atoms with Crippen molar-refractivity contribution >= 4 is 52.3 Å². The molecule has 3 aromatic rings. The van der Waals surface area contributed by atoms with E-state index in [1.807, 2.05) is 12.1 Å². The number of rotatable bonds is 8. The normalized spacial score (nSPS) is 10.7.